The van der Waals surface area contributed by atoms with E-state index < -0.39 is 6.10 Å². The topological polar surface area (TPSA) is 61.8 Å². The maximum absolute atomic E-state index is 12.7. The van der Waals surface area contributed by atoms with Crippen molar-refractivity contribution in [2.75, 3.05) is 19.8 Å². The van der Waals surface area contributed by atoms with E-state index in [1.165, 1.54) is 154 Å². The van der Waals surface area contributed by atoms with Crippen LogP contribution in [0.2, 0.25) is 0 Å². The largest absolute Gasteiger partial charge is 0.462 e. The van der Waals surface area contributed by atoms with E-state index in [2.05, 4.69) is 69.4 Å². The Hall–Kier alpha value is -2.14. The zero-order valence-corrected chi connectivity index (χ0v) is 38.8. The molecule has 1 unspecified atom stereocenters. The van der Waals surface area contributed by atoms with Gasteiger partial charge in [-0.3, -0.25) is 9.59 Å². The summed E-state index contributed by atoms with van der Waals surface area (Å²) in [4.78, 5) is 25.3. The number of hydrogen-bond acceptors (Lipinski definition) is 5. The van der Waals surface area contributed by atoms with Gasteiger partial charge in [-0.05, 0) is 77.0 Å². The van der Waals surface area contributed by atoms with Gasteiger partial charge in [-0.1, -0.05) is 211 Å². The van der Waals surface area contributed by atoms with Crippen LogP contribution < -0.4 is 0 Å². The molecule has 0 aromatic carbocycles. The lowest BCUT2D eigenvalue weighted by molar-refractivity contribution is -0.163. The van der Waals surface area contributed by atoms with Gasteiger partial charge < -0.3 is 14.2 Å². The van der Waals surface area contributed by atoms with Crippen LogP contribution in [0, 0.1) is 0 Å². The van der Waals surface area contributed by atoms with Crippen molar-refractivity contribution < 1.29 is 23.8 Å². The molecule has 0 fully saturated rings. The minimum atomic E-state index is -0.545. The van der Waals surface area contributed by atoms with E-state index in [-0.39, 0.29) is 25.2 Å². The number of carbonyl (C=O) groups excluding carboxylic acids is 2. The molecule has 5 nitrogen and oxygen atoms in total. The molecule has 0 rings (SSSR count). The van der Waals surface area contributed by atoms with Crippen molar-refractivity contribution in [3.05, 3.63) is 48.6 Å². The molecule has 0 aliphatic heterocycles. The number of rotatable bonds is 46. The van der Waals surface area contributed by atoms with Crippen molar-refractivity contribution in [1.82, 2.24) is 0 Å². The Balaban J connectivity index is 4.25. The molecule has 0 spiro atoms. The van der Waals surface area contributed by atoms with E-state index in [1.807, 2.05) is 0 Å². The maximum atomic E-state index is 12.7. The average Bonchev–Trinajstić information content (AvgIpc) is 3.22. The smallest absolute Gasteiger partial charge is 0.306 e. The number of carbonyl (C=O) groups is 2. The molecule has 0 aliphatic rings. The lowest BCUT2D eigenvalue weighted by Gasteiger charge is -2.18. The molecule has 0 aromatic rings. The minimum absolute atomic E-state index is 0.0766. The van der Waals surface area contributed by atoms with Crippen LogP contribution in [0.5, 0.6) is 0 Å². The number of allylic oxidation sites excluding steroid dienone is 8. The average molecular weight is 813 g/mol. The van der Waals surface area contributed by atoms with Crippen molar-refractivity contribution in [2.24, 2.45) is 0 Å². The van der Waals surface area contributed by atoms with Crippen LogP contribution in [0.4, 0.5) is 0 Å². The van der Waals surface area contributed by atoms with Gasteiger partial charge in [-0.25, -0.2) is 0 Å². The Labute approximate surface area is 361 Å². The zero-order chi connectivity index (χ0) is 42.1. The second-order valence-electron chi connectivity index (χ2n) is 16.7. The van der Waals surface area contributed by atoms with Gasteiger partial charge in [0, 0.05) is 19.4 Å². The molecule has 5 heteroatoms. The first-order valence-corrected chi connectivity index (χ1v) is 25.2. The number of hydrogen-bond donors (Lipinski definition) is 0. The monoisotopic (exact) mass is 813 g/mol. The molecule has 0 aliphatic carbocycles. The summed E-state index contributed by atoms with van der Waals surface area (Å²) in [6.07, 6.45) is 59.7. The fourth-order valence-electron chi connectivity index (χ4n) is 7.11. The second kappa shape index (κ2) is 49.2. The predicted octanol–water partition coefficient (Wildman–Crippen LogP) is 16.8. The molecule has 58 heavy (non-hydrogen) atoms. The van der Waals surface area contributed by atoms with Gasteiger partial charge in [-0.15, -0.1) is 0 Å². The molecule has 0 N–H and O–H groups in total. The summed E-state index contributed by atoms with van der Waals surface area (Å²) in [5.74, 6) is -0.407. The standard InChI is InChI=1S/C53H96O5/c1-4-7-10-13-16-19-22-24-26-27-28-29-32-34-37-40-43-46-52(54)57-50-51(58-53(55)47-44-41-38-35-31-21-18-15-12-9-6-3)49-56-48-45-42-39-36-33-30-25-23-20-17-14-11-8-5-2/h8,11,17,20,24-26,30,51H,4-7,9-10,12-16,18-19,21-23,27-29,31-50H2,1-3H3/b11-8-,20-17-,26-24-,30-25-. The Kier molecular flexibility index (Phi) is 47.4. The number of ether oxygens (including phenoxy) is 3. The lowest BCUT2D eigenvalue weighted by Crippen LogP contribution is -2.30. The first-order chi connectivity index (χ1) is 28.6. The second-order valence-corrected chi connectivity index (χ2v) is 16.7. The third-order valence-corrected chi connectivity index (χ3v) is 10.8. The first kappa shape index (κ1) is 55.9. The van der Waals surface area contributed by atoms with Crippen LogP contribution in [0.3, 0.4) is 0 Å². The highest BCUT2D eigenvalue weighted by Gasteiger charge is 2.17. The Bertz CT molecular complexity index is 966. The summed E-state index contributed by atoms with van der Waals surface area (Å²) < 4.78 is 17.3. The van der Waals surface area contributed by atoms with Crippen molar-refractivity contribution in [3.63, 3.8) is 0 Å². The van der Waals surface area contributed by atoms with Gasteiger partial charge in [0.1, 0.15) is 6.61 Å². The van der Waals surface area contributed by atoms with E-state index >= 15 is 0 Å². The summed E-state index contributed by atoms with van der Waals surface area (Å²) in [7, 11) is 0. The van der Waals surface area contributed by atoms with E-state index in [9.17, 15) is 9.59 Å². The molecule has 0 saturated carbocycles. The van der Waals surface area contributed by atoms with Crippen molar-refractivity contribution >= 4 is 11.9 Å². The van der Waals surface area contributed by atoms with Crippen molar-refractivity contribution in [3.8, 4) is 0 Å². The molecular weight excluding hydrogens is 717 g/mol. The SMILES string of the molecule is CC/C=C\C/C=C\C/C=C\CCCCCCOCC(COC(=O)CCCCCCCCC/C=C\CCCCCCCC)OC(=O)CCCCCCCCCCCCC. The molecule has 0 radical (unpaired) electrons. The van der Waals surface area contributed by atoms with Crippen LogP contribution in [0.25, 0.3) is 0 Å². The van der Waals surface area contributed by atoms with Gasteiger partial charge in [-0.2, -0.15) is 0 Å². The third kappa shape index (κ3) is 46.5. The summed E-state index contributed by atoms with van der Waals surface area (Å²) in [6, 6.07) is 0. The molecule has 1 atom stereocenters. The van der Waals surface area contributed by atoms with E-state index in [4.69, 9.17) is 14.2 Å². The maximum Gasteiger partial charge on any atom is 0.306 e. The van der Waals surface area contributed by atoms with Gasteiger partial charge in [0.2, 0.25) is 0 Å². The van der Waals surface area contributed by atoms with Crippen LogP contribution in [-0.2, 0) is 23.8 Å². The summed E-state index contributed by atoms with van der Waals surface area (Å²) in [5, 5.41) is 0. The van der Waals surface area contributed by atoms with Gasteiger partial charge in [0.15, 0.2) is 6.10 Å². The lowest BCUT2D eigenvalue weighted by atomic mass is 10.1. The van der Waals surface area contributed by atoms with Crippen LogP contribution in [0.15, 0.2) is 48.6 Å². The van der Waals surface area contributed by atoms with Gasteiger partial charge in [0.05, 0.1) is 6.61 Å². The highest BCUT2D eigenvalue weighted by Crippen LogP contribution is 2.15. The van der Waals surface area contributed by atoms with Gasteiger partial charge in [0.25, 0.3) is 0 Å². The Morgan fingerprint density at radius 1 is 0.397 bits per heavy atom. The number of unbranched alkanes of at least 4 members (excludes halogenated alkanes) is 27. The zero-order valence-electron chi connectivity index (χ0n) is 38.8. The summed E-state index contributed by atoms with van der Waals surface area (Å²) in [6.45, 7) is 7.68. The van der Waals surface area contributed by atoms with Crippen molar-refractivity contribution in [2.45, 2.75) is 258 Å². The molecule has 0 heterocycles. The molecule has 0 saturated heterocycles. The Morgan fingerprint density at radius 2 is 0.776 bits per heavy atom. The summed E-state index contributed by atoms with van der Waals surface area (Å²) >= 11 is 0. The molecular formula is C53H96O5. The minimum Gasteiger partial charge on any atom is -0.462 e. The predicted molar refractivity (Wildman–Crippen MR) is 251 cm³/mol. The van der Waals surface area contributed by atoms with Gasteiger partial charge >= 0.3 is 11.9 Å². The molecule has 0 amide bonds. The van der Waals surface area contributed by atoms with Crippen molar-refractivity contribution in [1.29, 1.82) is 0 Å². The highest BCUT2D eigenvalue weighted by atomic mass is 16.6. The highest BCUT2D eigenvalue weighted by molar-refractivity contribution is 5.70. The molecule has 338 valence electrons. The third-order valence-electron chi connectivity index (χ3n) is 10.8. The molecule has 0 bridgehead atoms. The normalized spacial score (nSPS) is 12.5. The molecule has 0 aromatic heterocycles. The fourth-order valence-corrected chi connectivity index (χ4v) is 7.11. The number of esters is 2. The van der Waals surface area contributed by atoms with E-state index in [1.54, 1.807) is 0 Å². The Morgan fingerprint density at radius 3 is 1.26 bits per heavy atom. The summed E-state index contributed by atoms with van der Waals surface area (Å²) in [5.41, 5.74) is 0. The van der Waals surface area contributed by atoms with E-state index in [0.717, 1.165) is 64.2 Å². The van der Waals surface area contributed by atoms with Crippen LogP contribution in [0.1, 0.15) is 252 Å². The quantitative estimate of drug-likeness (QED) is 0.0348. The van der Waals surface area contributed by atoms with E-state index in [0.29, 0.717) is 19.4 Å². The fraction of sp³-hybridized carbons (Fsp3) is 0.811. The van der Waals surface area contributed by atoms with Crippen LogP contribution >= 0.6 is 0 Å². The first-order valence-electron chi connectivity index (χ1n) is 25.2. The van der Waals surface area contributed by atoms with Crippen LogP contribution in [-0.4, -0.2) is 37.9 Å².